The van der Waals surface area contributed by atoms with Gasteiger partial charge in [0.15, 0.2) is 10.8 Å². The third-order valence-electron chi connectivity index (χ3n) is 5.50. The van der Waals surface area contributed by atoms with Gasteiger partial charge in [0.05, 0.1) is 17.1 Å². The van der Waals surface area contributed by atoms with E-state index in [1.54, 1.807) is 15.6 Å². The van der Waals surface area contributed by atoms with E-state index in [4.69, 9.17) is 0 Å². The van der Waals surface area contributed by atoms with E-state index < -0.39 is 0 Å². The third-order valence-corrected chi connectivity index (χ3v) is 6.26. The van der Waals surface area contributed by atoms with Crippen LogP contribution in [0.25, 0.3) is 33.4 Å². The number of benzene rings is 1. The molecule has 1 amide bonds. The Hall–Kier alpha value is -3.85. The monoisotopic (exact) mass is 457 g/mol. The summed E-state index contributed by atoms with van der Waals surface area (Å²) in [5.74, 6) is -0.203. The van der Waals surface area contributed by atoms with Crippen LogP contribution >= 0.6 is 11.3 Å². The first-order valence-electron chi connectivity index (χ1n) is 10.5. The molecule has 0 saturated heterocycles. The Balaban J connectivity index is 1.39. The SMILES string of the molecule is Cc1ccc(-c2ccnc3c2c(C)nn3CC(=O)Nc2nc(-c3cn(C)nc3C)cs2)cc1. The molecule has 0 spiro atoms. The molecule has 0 aliphatic heterocycles. The second-order valence-corrected chi connectivity index (χ2v) is 8.91. The van der Waals surface area contributed by atoms with Crippen molar-refractivity contribution < 1.29 is 4.79 Å². The van der Waals surface area contributed by atoms with Crippen LogP contribution in [-0.4, -0.2) is 35.4 Å². The summed E-state index contributed by atoms with van der Waals surface area (Å²) >= 11 is 1.39. The second kappa shape index (κ2) is 8.25. The minimum atomic E-state index is -0.203. The maximum absolute atomic E-state index is 12.8. The normalized spacial score (nSPS) is 11.3. The van der Waals surface area contributed by atoms with Gasteiger partial charge in [-0.2, -0.15) is 10.2 Å². The van der Waals surface area contributed by atoms with Crippen molar-refractivity contribution in [3.63, 3.8) is 0 Å². The Morgan fingerprint density at radius 3 is 2.55 bits per heavy atom. The number of carbonyl (C=O) groups excluding carboxylic acids is 1. The first-order chi connectivity index (χ1) is 15.9. The van der Waals surface area contributed by atoms with Crippen molar-refractivity contribution >= 4 is 33.4 Å². The molecule has 166 valence electrons. The van der Waals surface area contributed by atoms with E-state index in [-0.39, 0.29) is 12.5 Å². The lowest BCUT2D eigenvalue weighted by Crippen LogP contribution is -2.19. The van der Waals surface area contributed by atoms with Gasteiger partial charge in [-0.3, -0.25) is 9.48 Å². The fraction of sp³-hybridized carbons (Fsp3) is 0.208. The van der Waals surface area contributed by atoms with Crippen LogP contribution in [0.15, 0.2) is 48.1 Å². The summed E-state index contributed by atoms with van der Waals surface area (Å²) in [5, 5.41) is 15.3. The standard InChI is InChI=1S/C24H23N7OS/c1-14-5-7-17(8-6-14)18-9-10-25-23-22(18)16(3)29-31(23)12-21(32)27-24-26-20(13-33-24)19-11-30(4)28-15(19)2/h5-11,13H,12H2,1-4H3,(H,26,27,32). The van der Waals surface area contributed by atoms with E-state index in [0.29, 0.717) is 10.8 Å². The van der Waals surface area contributed by atoms with Gasteiger partial charge >= 0.3 is 0 Å². The van der Waals surface area contributed by atoms with Crippen molar-refractivity contribution in [3.8, 4) is 22.4 Å². The number of anilines is 1. The zero-order valence-electron chi connectivity index (χ0n) is 18.8. The summed E-state index contributed by atoms with van der Waals surface area (Å²) in [4.78, 5) is 21.9. The summed E-state index contributed by atoms with van der Waals surface area (Å²) in [6.07, 6.45) is 3.68. The van der Waals surface area contributed by atoms with Gasteiger partial charge in [0.2, 0.25) is 5.91 Å². The van der Waals surface area contributed by atoms with Gasteiger partial charge in [0.25, 0.3) is 0 Å². The van der Waals surface area contributed by atoms with Crippen molar-refractivity contribution in [2.75, 3.05) is 5.32 Å². The lowest BCUT2D eigenvalue weighted by molar-refractivity contribution is -0.116. The van der Waals surface area contributed by atoms with Gasteiger partial charge in [-0.05, 0) is 38.0 Å². The number of aryl methyl sites for hydroxylation is 4. The molecule has 4 heterocycles. The fourth-order valence-corrected chi connectivity index (χ4v) is 4.69. The largest absolute Gasteiger partial charge is 0.300 e. The molecule has 0 fully saturated rings. The molecule has 0 aliphatic rings. The number of nitrogens with zero attached hydrogens (tertiary/aromatic N) is 6. The highest BCUT2D eigenvalue weighted by Gasteiger charge is 2.17. The third kappa shape index (κ3) is 4.03. The zero-order valence-corrected chi connectivity index (χ0v) is 19.6. The van der Waals surface area contributed by atoms with E-state index >= 15 is 0 Å². The fourth-order valence-electron chi connectivity index (χ4n) is 3.97. The molecule has 1 N–H and O–H groups in total. The Bertz CT molecular complexity index is 1480. The minimum absolute atomic E-state index is 0.0511. The van der Waals surface area contributed by atoms with Crippen LogP contribution in [0.5, 0.6) is 0 Å². The van der Waals surface area contributed by atoms with Crippen LogP contribution in [-0.2, 0) is 18.4 Å². The van der Waals surface area contributed by atoms with Gasteiger partial charge in [0.1, 0.15) is 6.54 Å². The minimum Gasteiger partial charge on any atom is -0.300 e. The number of aromatic nitrogens is 6. The van der Waals surface area contributed by atoms with E-state index in [0.717, 1.165) is 39.2 Å². The topological polar surface area (TPSA) is 90.5 Å². The molecule has 0 saturated carbocycles. The van der Waals surface area contributed by atoms with Crippen LogP contribution < -0.4 is 5.32 Å². The number of pyridine rings is 1. The molecule has 5 aromatic rings. The lowest BCUT2D eigenvalue weighted by Gasteiger charge is -2.06. The van der Waals surface area contributed by atoms with E-state index in [1.807, 2.05) is 38.5 Å². The number of hydrogen-bond acceptors (Lipinski definition) is 6. The highest BCUT2D eigenvalue weighted by Crippen LogP contribution is 2.30. The summed E-state index contributed by atoms with van der Waals surface area (Å²) in [6, 6.07) is 10.4. The zero-order chi connectivity index (χ0) is 23.1. The van der Waals surface area contributed by atoms with Gasteiger partial charge in [-0.15, -0.1) is 11.3 Å². The van der Waals surface area contributed by atoms with E-state index in [9.17, 15) is 4.79 Å². The van der Waals surface area contributed by atoms with Crippen molar-refractivity contribution in [2.24, 2.45) is 7.05 Å². The van der Waals surface area contributed by atoms with Gasteiger partial charge in [-0.1, -0.05) is 29.8 Å². The number of carbonyl (C=O) groups is 1. The maximum Gasteiger partial charge on any atom is 0.247 e. The number of hydrogen-bond donors (Lipinski definition) is 1. The summed E-state index contributed by atoms with van der Waals surface area (Å²) in [5.41, 5.74) is 7.53. The van der Waals surface area contributed by atoms with Gasteiger partial charge < -0.3 is 5.32 Å². The molecule has 0 atom stereocenters. The van der Waals surface area contributed by atoms with Crippen molar-refractivity contribution in [1.29, 1.82) is 0 Å². The second-order valence-electron chi connectivity index (χ2n) is 8.05. The van der Waals surface area contributed by atoms with Crippen LogP contribution in [0.3, 0.4) is 0 Å². The molecule has 0 bridgehead atoms. The Morgan fingerprint density at radius 1 is 1.03 bits per heavy atom. The smallest absolute Gasteiger partial charge is 0.247 e. The summed E-state index contributed by atoms with van der Waals surface area (Å²) < 4.78 is 3.41. The first kappa shape index (κ1) is 21.0. The van der Waals surface area contributed by atoms with Gasteiger partial charge in [0, 0.05) is 35.8 Å². The lowest BCUT2D eigenvalue weighted by atomic mass is 10.0. The number of rotatable bonds is 5. The number of amides is 1. The van der Waals surface area contributed by atoms with Crippen molar-refractivity contribution in [2.45, 2.75) is 27.3 Å². The Morgan fingerprint density at radius 2 is 1.82 bits per heavy atom. The summed E-state index contributed by atoms with van der Waals surface area (Å²) in [7, 11) is 1.88. The van der Waals surface area contributed by atoms with Crippen molar-refractivity contribution in [1.82, 2.24) is 29.5 Å². The van der Waals surface area contributed by atoms with Crippen LogP contribution in [0.4, 0.5) is 5.13 Å². The summed E-state index contributed by atoms with van der Waals surface area (Å²) in [6.45, 7) is 6.00. The highest BCUT2D eigenvalue weighted by atomic mass is 32.1. The molecular formula is C24H23N7OS. The van der Waals surface area contributed by atoms with Crippen LogP contribution in [0.1, 0.15) is 17.0 Å². The Kier molecular flexibility index (Phi) is 5.26. The number of thiazole rings is 1. The van der Waals surface area contributed by atoms with Crippen LogP contribution in [0.2, 0.25) is 0 Å². The van der Waals surface area contributed by atoms with E-state index in [1.165, 1.54) is 16.9 Å². The predicted octanol–water partition coefficient (Wildman–Crippen LogP) is 4.52. The molecule has 33 heavy (non-hydrogen) atoms. The highest BCUT2D eigenvalue weighted by molar-refractivity contribution is 7.14. The molecule has 4 aromatic heterocycles. The molecular weight excluding hydrogens is 434 g/mol. The maximum atomic E-state index is 12.8. The van der Waals surface area contributed by atoms with Gasteiger partial charge in [-0.25, -0.2) is 14.6 Å². The number of nitrogens with one attached hydrogen (secondary N) is 1. The average Bonchev–Trinajstić information content (AvgIpc) is 3.46. The van der Waals surface area contributed by atoms with Crippen molar-refractivity contribution in [3.05, 3.63) is 65.1 Å². The van der Waals surface area contributed by atoms with Crippen LogP contribution in [0, 0.1) is 20.8 Å². The molecule has 1 aromatic carbocycles. The molecule has 0 radical (unpaired) electrons. The predicted molar refractivity (Wildman–Crippen MR) is 130 cm³/mol. The molecule has 8 nitrogen and oxygen atoms in total. The average molecular weight is 458 g/mol. The van der Waals surface area contributed by atoms with E-state index in [2.05, 4.69) is 56.7 Å². The Labute approximate surface area is 194 Å². The molecule has 5 rings (SSSR count). The quantitative estimate of drug-likeness (QED) is 0.419. The molecule has 9 heteroatoms. The first-order valence-corrected chi connectivity index (χ1v) is 11.4. The molecule has 0 aliphatic carbocycles. The number of fused-ring (bicyclic) bond motifs is 1. The molecule has 0 unspecified atom stereocenters.